The molecule has 5 nitrogen and oxygen atoms in total. The molecule has 0 saturated carbocycles. The summed E-state index contributed by atoms with van der Waals surface area (Å²) in [4.78, 5) is 4.42. The molecule has 0 unspecified atom stereocenters. The summed E-state index contributed by atoms with van der Waals surface area (Å²) >= 11 is 0. The fourth-order valence-corrected chi connectivity index (χ4v) is 2.50. The monoisotopic (exact) mass is 283 g/mol. The van der Waals surface area contributed by atoms with Crippen molar-refractivity contribution in [3.05, 3.63) is 42.0 Å². The lowest BCUT2D eigenvalue weighted by atomic mass is 10.2. The van der Waals surface area contributed by atoms with Gasteiger partial charge >= 0.3 is 0 Å². The molecule has 0 amide bonds. The van der Waals surface area contributed by atoms with Crippen LogP contribution < -0.4 is 15.2 Å². The van der Waals surface area contributed by atoms with Crippen LogP contribution in [-0.4, -0.2) is 23.8 Å². The fraction of sp³-hybridized carbons (Fsp3) is 0.188. The number of fused-ring (bicyclic) bond motifs is 1. The molecule has 0 aliphatic rings. The van der Waals surface area contributed by atoms with Crippen molar-refractivity contribution in [1.82, 2.24) is 9.55 Å². The Hall–Kier alpha value is -2.69. The normalized spacial score (nSPS) is 10.8. The quantitative estimate of drug-likeness (QED) is 0.802. The zero-order chi connectivity index (χ0) is 15.0. The van der Waals surface area contributed by atoms with Crippen LogP contribution in [0.15, 0.2) is 36.4 Å². The van der Waals surface area contributed by atoms with Gasteiger partial charge in [0.2, 0.25) is 5.95 Å². The Morgan fingerprint density at radius 3 is 2.33 bits per heavy atom. The number of hydrogen-bond acceptors (Lipinski definition) is 4. The Bertz CT molecular complexity index is 786. The molecule has 0 aliphatic carbocycles. The van der Waals surface area contributed by atoms with E-state index in [-0.39, 0.29) is 0 Å². The molecule has 3 rings (SSSR count). The zero-order valence-corrected chi connectivity index (χ0v) is 12.3. The lowest BCUT2D eigenvalue weighted by molar-refractivity contribution is 0.394. The van der Waals surface area contributed by atoms with E-state index in [0.29, 0.717) is 17.4 Å². The number of methoxy groups -OCH3 is 2. The number of nitrogens with zero attached hydrogens (tertiary/aromatic N) is 2. The van der Waals surface area contributed by atoms with Gasteiger partial charge in [0.05, 0.1) is 30.9 Å². The van der Waals surface area contributed by atoms with Crippen molar-refractivity contribution in [2.24, 2.45) is 0 Å². The highest BCUT2D eigenvalue weighted by Crippen LogP contribution is 2.30. The molecule has 0 spiro atoms. The molecule has 2 aromatic carbocycles. The minimum atomic E-state index is 0.439. The average Bonchev–Trinajstić information content (AvgIpc) is 2.84. The van der Waals surface area contributed by atoms with E-state index in [9.17, 15) is 0 Å². The lowest BCUT2D eigenvalue weighted by Crippen LogP contribution is -2.02. The Labute approximate surface area is 122 Å². The molecule has 21 heavy (non-hydrogen) atoms. The first kappa shape index (κ1) is 13.3. The SMILES string of the molecule is COc1cc(OC)cc(-n2c(N)nc3cccc(C)c32)c1. The van der Waals surface area contributed by atoms with E-state index in [1.54, 1.807) is 14.2 Å². The lowest BCUT2D eigenvalue weighted by Gasteiger charge is -2.12. The van der Waals surface area contributed by atoms with Gasteiger partial charge in [-0.05, 0) is 18.6 Å². The van der Waals surface area contributed by atoms with Crippen molar-refractivity contribution in [2.75, 3.05) is 20.0 Å². The van der Waals surface area contributed by atoms with Crippen LogP contribution in [0.5, 0.6) is 11.5 Å². The maximum Gasteiger partial charge on any atom is 0.205 e. The van der Waals surface area contributed by atoms with E-state index in [0.717, 1.165) is 22.3 Å². The standard InChI is InChI=1S/C16H17N3O2/c1-10-5-4-6-14-15(10)19(16(17)18-14)11-7-12(20-2)9-13(8-11)21-3/h4-9H,1-3H3,(H2,17,18). The van der Waals surface area contributed by atoms with E-state index < -0.39 is 0 Å². The van der Waals surface area contributed by atoms with Crippen LogP contribution in [0.3, 0.4) is 0 Å². The Morgan fingerprint density at radius 2 is 1.71 bits per heavy atom. The predicted molar refractivity (Wildman–Crippen MR) is 83.3 cm³/mol. The summed E-state index contributed by atoms with van der Waals surface area (Å²) in [5.41, 5.74) is 9.94. The first-order valence-electron chi connectivity index (χ1n) is 6.61. The number of nitrogens with two attached hydrogens (primary N) is 1. The topological polar surface area (TPSA) is 62.3 Å². The largest absolute Gasteiger partial charge is 0.497 e. The fourth-order valence-electron chi connectivity index (χ4n) is 2.50. The maximum absolute atomic E-state index is 6.11. The van der Waals surface area contributed by atoms with Crippen molar-refractivity contribution >= 4 is 17.0 Å². The highest BCUT2D eigenvalue weighted by molar-refractivity contribution is 5.84. The molecular weight excluding hydrogens is 266 g/mol. The first-order valence-corrected chi connectivity index (χ1v) is 6.61. The smallest absolute Gasteiger partial charge is 0.205 e. The van der Waals surface area contributed by atoms with Crippen LogP contribution in [0, 0.1) is 6.92 Å². The number of anilines is 1. The number of imidazole rings is 1. The van der Waals surface area contributed by atoms with Gasteiger partial charge in [-0.1, -0.05) is 12.1 Å². The van der Waals surface area contributed by atoms with E-state index >= 15 is 0 Å². The van der Waals surface area contributed by atoms with Gasteiger partial charge in [0.25, 0.3) is 0 Å². The summed E-state index contributed by atoms with van der Waals surface area (Å²) in [5.74, 6) is 1.85. The van der Waals surface area contributed by atoms with E-state index in [1.165, 1.54) is 0 Å². The summed E-state index contributed by atoms with van der Waals surface area (Å²) in [6.07, 6.45) is 0. The van der Waals surface area contributed by atoms with Gasteiger partial charge in [-0.3, -0.25) is 4.57 Å². The number of para-hydroxylation sites is 1. The molecule has 1 aromatic heterocycles. The molecule has 0 saturated heterocycles. The second-order valence-electron chi connectivity index (χ2n) is 4.82. The summed E-state index contributed by atoms with van der Waals surface area (Å²) in [6, 6.07) is 11.6. The average molecular weight is 283 g/mol. The molecule has 5 heteroatoms. The molecule has 0 fully saturated rings. The van der Waals surface area contributed by atoms with Gasteiger partial charge < -0.3 is 15.2 Å². The highest BCUT2D eigenvalue weighted by Gasteiger charge is 2.13. The van der Waals surface area contributed by atoms with Crippen molar-refractivity contribution in [3.63, 3.8) is 0 Å². The third-order valence-electron chi connectivity index (χ3n) is 3.50. The second-order valence-corrected chi connectivity index (χ2v) is 4.82. The van der Waals surface area contributed by atoms with Gasteiger partial charge in [0.1, 0.15) is 11.5 Å². The highest BCUT2D eigenvalue weighted by atomic mass is 16.5. The van der Waals surface area contributed by atoms with Crippen LogP contribution in [-0.2, 0) is 0 Å². The number of ether oxygens (including phenoxy) is 2. The molecule has 0 radical (unpaired) electrons. The minimum Gasteiger partial charge on any atom is -0.497 e. The van der Waals surface area contributed by atoms with Crippen LogP contribution in [0.25, 0.3) is 16.7 Å². The minimum absolute atomic E-state index is 0.439. The summed E-state index contributed by atoms with van der Waals surface area (Å²) in [7, 11) is 3.25. The van der Waals surface area contributed by atoms with Crippen molar-refractivity contribution in [2.45, 2.75) is 6.92 Å². The molecule has 108 valence electrons. The molecule has 0 bridgehead atoms. The van der Waals surface area contributed by atoms with Gasteiger partial charge in [-0.2, -0.15) is 0 Å². The Kier molecular flexibility index (Phi) is 3.17. The van der Waals surface area contributed by atoms with Crippen molar-refractivity contribution in [1.29, 1.82) is 0 Å². The van der Waals surface area contributed by atoms with E-state index in [2.05, 4.69) is 4.98 Å². The molecular formula is C16H17N3O2. The summed E-state index contributed by atoms with van der Waals surface area (Å²) in [6.45, 7) is 2.04. The van der Waals surface area contributed by atoms with Crippen LogP contribution in [0.2, 0.25) is 0 Å². The van der Waals surface area contributed by atoms with Crippen molar-refractivity contribution < 1.29 is 9.47 Å². The van der Waals surface area contributed by atoms with Gasteiger partial charge in [0, 0.05) is 18.2 Å². The molecule has 0 atom stereocenters. The third kappa shape index (κ3) is 2.16. The van der Waals surface area contributed by atoms with Gasteiger partial charge in [0.15, 0.2) is 0 Å². The van der Waals surface area contributed by atoms with Crippen molar-refractivity contribution in [3.8, 4) is 17.2 Å². The van der Waals surface area contributed by atoms with Gasteiger partial charge in [-0.25, -0.2) is 4.98 Å². The maximum atomic E-state index is 6.11. The van der Waals surface area contributed by atoms with Crippen LogP contribution in [0.1, 0.15) is 5.56 Å². The second kappa shape index (κ2) is 5.01. The number of hydrogen-bond donors (Lipinski definition) is 1. The zero-order valence-electron chi connectivity index (χ0n) is 12.3. The number of nitrogen functional groups attached to an aromatic ring is 1. The molecule has 3 aromatic rings. The first-order chi connectivity index (χ1) is 10.1. The number of aryl methyl sites for hydroxylation is 1. The van der Waals surface area contributed by atoms with E-state index in [1.807, 2.05) is 47.9 Å². The third-order valence-corrected chi connectivity index (χ3v) is 3.50. The predicted octanol–water partition coefficient (Wildman–Crippen LogP) is 2.93. The number of benzene rings is 2. The molecule has 0 aliphatic heterocycles. The summed E-state index contributed by atoms with van der Waals surface area (Å²) in [5, 5.41) is 0. The van der Waals surface area contributed by atoms with Crippen LogP contribution >= 0.6 is 0 Å². The molecule has 1 heterocycles. The van der Waals surface area contributed by atoms with Crippen LogP contribution in [0.4, 0.5) is 5.95 Å². The Morgan fingerprint density at radius 1 is 1.05 bits per heavy atom. The number of rotatable bonds is 3. The van der Waals surface area contributed by atoms with E-state index in [4.69, 9.17) is 15.2 Å². The van der Waals surface area contributed by atoms with Gasteiger partial charge in [-0.15, -0.1) is 0 Å². The molecule has 2 N–H and O–H groups in total. The summed E-state index contributed by atoms with van der Waals surface area (Å²) < 4.78 is 12.6. The Balaban J connectivity index is 2.32. The number of aromatic nitrogens is 2.